The predicted octanol–water partition coefficient (Wildman–Crippen LogP) is 0.231. The van der Waals surface area contributed by atoms with E-state index in [1.807, 2.05) is 26.0 Å². The number of nitrogens with two attached hydrogens (primary N) is 1. The summed E-state index contributed by atoms with van der Waals surface area (Å²) in [5.41, 5.74) is 7.44. The Labute approximate surface area is 153 Å². The normalized spacial score (nSPS) is 17.9. The van der Waals surface area contributed by atoms with Crippen molar-refractivity contribution in [1.82, 2.24) is 15.3 Å². The van der Waals surface area contributed by atoms with Crippen molar-refractivity contribution in [3.63, 3.8) is 0 Å². The van der Waals surface area contributed by atoms with Crippen LogP contribution in [0.1, 0.15) is 19.5 Å². The number of aromatic nitrogens is 2. The molecule has 0 aliphatic carbocycles. The van der Waals surface area contributed by atoms with Crippen molar-refractivity contribution < 1.29 is 22.2 Å². The van der Waals surface area contributed by atoms with Gasteiger partial charge in [0.1, 0.15) is 0 Å². The number of rotatable bonds is 8. The number of allylic oxidation sites excluding steroid dienone is 2. The molecule has 1 aliphatic rings. The van der Waals surface area contributed by atoms with Crippen molar-refractivity contribution in [2.45, 2.75) is 31.8 Å². The number of hydrogen-bond acceptors (Lipinski definition) is 5. The van der Waals surface area contributed by atoms with Crippen LogP contribution in [0.3, 0.4) is 0 Å². The van der Waals surface area contributed by atoms with E-state index in [1.54, 1.807) is 18.6 Å². The van der Waals surface area contributed by atoms with Gasteiger partial charge >= 0.3 is 17.1 Å². The summed E-state index contributed by atoms with van der Waals surface area (Å²) in [4.78, 5) is 11.0. The zero-order chi connectivity index (χ0) is 16.7. The first kappa shape index (κ1) is 20.4. The zero-order valence-electron chi connectivity index (χ0n) is 13.9. The van der Waals surface area contributed by atoms with Crippen LogP contribution in [0.15, 0.2) is 41.4 Å². The molecular weight excluding hydrogens is 356 g/mol. The fraction of sp³-hybridized carbons (Fsp3) is 0.500. The van der Waals surface area contributed by atoms with Crippen LogP contribution in [0.4, 0.5) is 0 Å². The molecule has 1 unspecified atom stereocenters. The number of H-pyrrole nitrogens is 1. The van der Waals surface area contributed by atoms with Crippen molar-refractivity contribution in [2.24, 2.45) is 10.7 Å². The van der Waals surface area contributed by atoms with E-state index in [-0.39, 0.29) is 28.5 Å². The van der Waals surface area contributed by atoms with E-state index in [2.05, 4.69) is 25.6 Å². The summed E-state index contributed by atoms with van der Waals surface area (Å²) in [5, 5.41) is 19.8. The van der Waals surface area contributed by atoms with Crippen molar-refractivity contribution in [1.29, 1.82) is 0 Å². The number of nitrogens with zero attached hydrogens (tertiary/aromatic N) is 3. The molecule has 1 atom stereocenters. The minimum Gasteiger partial charge on any atom is -0.863 e. The first-order chi connectivity index (χ1) is 10.9. The molecule has 0 spiro atoms. The summed E-state index contributed by atoms with van der Waals surface area (Å²) < 4.78 is 0. The van der Waals surface area contributed by atoms with E-state index in [9.17, 15) is 5.11 Å². The molecule has 0 aromatic carbocycles. The number of hydrogen-bond donors (Lipinski definition) is 3. The monoisotopic (exact) mass is 379 g/mol. The maximum absolute atomic E-state index is 12.1. The van der Waals surface area contributed by atoms with Gasteiger partial charge in [-0.1, -0.05) is 30.2 Å². The van der Waals surface area contributed by atoms with Crippen molar-refractivity contribution in [3.8, 4) is 0 Å². The van der Waals surface area contributed by atoms with Crippen LogP contribution in [0, 0.1) is 0 Å². The van der Waals surface area contributed by atoms with E-state index < -0.39 is 6.04 Å². The molecule has 4 N–H and O–H groups in total. The van der Waals surface area contributed by atoms with Gasteiger partial charge in [0.25, 0.3) is 0 Å². The smallest absolute Gasteiger partial charge is 0.863 e. The Hall–Kier alpha value is -1.60. The van der Waals surface area contributed by atoms with Crippen LogP contribution in [-0.2, 0) is 23.5 Å². The summed E-state index contributed by atoms with van der Waals surface area (Å²) in [6.07, 6.45) is 9.52. The Morgan fingerprint density at radius 1 is 1.54 bits per heavy atom. The third kappa shape index (κ3) is 7.31. The second-order valence-electron chi connectivity index (χ2n) is 6.26. The molecule has 7 nitrogen and oxygen atoms in total. The van der Waals surface area contributed by atoms with E-state index >= 15 is 0 Å². The van der Waals surface area contributed by atoms with E-state index in [0.29, 0.717) is 26.1 Å². The number of aromatic amines is 1. The Bertz CT molecular complexity index is 574. The van der Waals surface area contributed by atoms with Gasteiger partial charge in [0, 0.05) is 43.5 Å². The summed E-state index contributed by atoms with van der Waals surface area (Å²) in [7, 11) is 0. The van der Waals surface area contributed by atoms with Crippen LogP contribution in [0.2, 0.25) is 0 Å². The second-order valence-corrected chi connectivity index (χ2v) is 6.26. The molecule has 136 valence electrons. The SMILES string of the molecule is CC(C)(N)CNCC1=CC=CC(C([O-])=NCCc2cnc[nH]2)[N-]1.[Cu+]. The van der Waals surface area contributed by atoms with Crippen molar-refractivity contribution in [3.05, 3.63) is 47.5 Å². The third-order valence-electron chi connectivity index (χ3n) is 3.23. The Morgan fingerprint density at radius 2 is 2.33 bits per heavy atom. The quantitative estimate of drug-likeness (QED) is 0.340. The standard InChI is InChI=1S/C16H25N6O.Cu/c1-16(2,17)10-18-9-13-4-3-5-14(22-13)15(23)20-7-6-12-8-19-11-21-12;/h3-5,8,11,14,18H,6-7,9-10,17H2,1-2H3,(H,19,21)(H,20,23);/q-1;+1/p-1. The predicted molar refractivity (Wildman–Crippen MR) is 90.1 cm³/mol. The maximum atomic E-state index is 12.1. The molecule has 0 bridgehead atoms. The van der Waals surface area contributed by atoms with Gasteiger partial charge < -0.3 is 31.5 Å². The molecule has 1 aromatic rings. The minimum atomic E-state index is -0.524. The van der Waals surface area contributed by atoms with Gasteiger partial charge in [-0.15, -0.1) is 5.70 Å². The molecule has 0 fully saturated rings. The first-order valence-corrected chi connectivity index (χ1v) is 7.70. The van der Waals surface area contributed by atoms with Crippen molar-refractivity contribution >= 4 is 5.90 Å². The van der Waals surface area contributed by atoms with Gasteiger partial charge in [-0.2, -0.15) is 0 Å². The number of imidazole rings is 1. The largest absolute Gasteiger partial charge is 1.00 e. The first-order valence-electron chi connectivity index (χ1n) is 7.70. The summed E-state index contributed by atoms with van der Waals surface area (Å²) in [6.45, 7) is 5.60. The van der Waals surface area contributed by atoms with Crippen LogP contribution in [-0.4, -0.2) is 47.1 Å². The molecule has 0 amide bonds. The van der Waals surface area contributed by atoms with Crippen molar-refractivity contribution in [2.75, 3.05) is 19.6 Å². The van der Waals surface area contributed by atoms with E-state index in [4.69, 9.17) is 5.73 Å². The summed E-state index contributed by atoms with van der Waals surface area (Å²) >= 11 is 0. The van der Waals surface area contributed by atoms with Gasteiger partial charge in [0.05, 0.1) is 6.33 Å². The maximum Gasteiger partial charge on any atom is 1.00 e. The fourth-order valence-electron chi connectivity index (χ4n) is 2.09. The topological polar surface area (TPSA) is 116 Å². The number of nitrogens with one attached hydrogen (secondary N) is 2. The molecule has 0 saturated heterocycles. The fourth-order valence-corrected chi connectivity index (χ4v) is 2.09. The van der Waals surface area contributed by atoms with Crippen LogP contribution in [0.25, 0.3) is 5.32 Å². The average molecular weight is 380 g/mol. The van der Waals surface area contributed by atoms with Gasteiger partial charge in [0.2, 0.25) is 0 Å². The van der Waals surface area contributed by atoms with Crippen LogP contribution in [0.5, 0.6) is 0 Å². The molecule has 2 rings (SSSR count). The molecular formula is C16H24CuN6O-. The van der Waals surface area contributed by atoms with Gasteiger partial charge in [-0.05, 0) is 13.8 Å². The Balaban J connectivity index is 0.00000288. The molecule has 1 aromatic heterocycles. The van der Waals surface area contributed by atoms with Crippen LogP contribution >= 0.6 is 0 Å². The van der Waals surface area contributed by atoms with Crippen LogP contribution < -0.4 is 16.2 Å². The average Bonchev–Trinajstić information content (AvgIpc) is 2.99. The minimum absolute atomic E-state index is 0. The summed E-state index contributed by atoms with van der Waals surface area (Å²) in [6, 6.07) is -0.524. The van der Waals surface area contributed by atoms with Gasteiger partial charge in [0.15, 0.2) is 0 Å². The molecule has 0 radical (unpaired) electrons. The molecule has 8 heteroatoms. The van der Waals surface area contributed by atoms with E-state index in [1.165, 1.54) is 0 Å². The van der Waals surface area contributed by atoms with Gasteiger partial charge in [-0.25, -0.2) is 4.98 Å². The zero-order valence-corrected chi connectivity index (χ0v) is 14.9. The van der Waals surface area contributed by atoms with E-state index in [0.717, 1.165) is 11.4 Å². The molecule has 0 saturated carbocycles. The van der Waals surface area contributed by atoms with Gasteiger partial charge in [-0.3, -0.25) is 0 Å². The molecule has 2 heterocycles. The summed E-state index contributed by atoms with van der Waals surface area (Å²) in [5.74, 6) is -0.217. The molecule has 24 heavy (non-hydrogen) atoms. The second kappa shape index (κ2) is 9.64. The third-order valence-corrected chi connectivity index (χ3v) is 3.23. The molecule has 1 aliphatic heterocycles. The number of aliphatic imine (C=N–C) groups is 1. The Kier molecular flexibility index (Phi) is 8.21. The Morgan fingerprint density at radius 3 is 3.00 bits per heavy atom.